The Morgan fingerprint density at radius 2 is 1.64 bits per heavy atom. The number of hydrogen-bond acceptors (Lipinski definition) is 5. The lowest BCUT2D eigenvalue weighted by molar-refractivity contribution is -0.124. The van der Waals surface area contributed by atoms with Crippen molar-refractivity contribution >= 4 is 17.7 Å². The standard InChI is InChI=1S/C25H31N3O5/c1-32-17-14-26-24(30)22(27-23(29)19-8-10-21(33-2)11-9-19)18-12-15-28(16-13-18)25(31)20-6-4-3-5-7-20/h3-11,18,22H,12-17H2,1-2H3,(H,26,30)(H,27,29). The number of methoxy groups -OCH3 is 2. The van der Waals surface area contributed by atoms with Crippen molar-refractivity contribution in [3.63, 3.8) is 0 Å². The van der Waals surface area contributed by atoms with Gasteiger partial charge in [-0.2, -0.15) is 0 Å². The quantitative estimate of drug-likeness (QED) is 0.567. The molecule has 3 amide bonds. The van der Waals surface area contributed by atoms with Crippen LogP contribution in [0.1, 0.15) is 33.6 Å². The molecule has 0 aliphatic carbocycles. The van der Waals surface area contributed by atoms with Crippen LogP contribution in [0.2, 0.25) is 0 Å². The Kier molecular flexibility index (Phi) is 8.83. The fourth-order valence-corrected chi connectivity index (χ4v) is 3.95. The number of nitrogens with zero attached hydrogens (tertiary/aromatic N) is 1. The summed E-state index contributed by atoms with van der Waals surface area (Å²) in [7, 11) is 3.12. The Balaban J connectivity index is 1.66. The highest BCUT2D eigenvalue weighted by Gasteiger charge is 2.34. The lowest BCUT2D eigenvalue weighted by Crippen LogP contribution is -2.54. The van der Waals surface area contributed by atoms with Gasteiger partial charge in [0.2, 0.25) is 5.91 Å². The number of carbonyl (C=O) groups is 3. The summed E-state index contributed by atoms with van der Waals surface area (Å²) < 4.78 is 10.2. The second-order valence-corrected chi connectivity index (χ2v) is 7.96. The fourth-order valence-electron chi connectivity index (χ4n) is 3.95. The van der Waals surface area contributed by atoms with Crippen molar-refractivity contribution < 1.29 is 23.9 Å². The third-order valence-electron chi connectivity index (χ3n) is 5.85. The number of amides is 3. The molecule has 1 aliphatic heterocycles. The van der Waals surface area contributed by atoms with Crippen molar-refractivity contribution in [3.05, 3.63) is 65.7 Å². The van der Waals surface area contributed by atoms with Crippen LogP contribution < -0.4 is 15.4 Å². The second kappa shape index (κ2) is 12.0. The summed E-state index contributed by atoms with van der Waals surface area (Å²) in [6.07, 6.45) is 1.23. The van der Waals surface area contributed by atoms with E-state index in [9.17, 15) is 14.4 Å². The van der Waals surface area contributed by atoms with Gasteiger partial charge in [0.15, 0.2) is 0 Å². The Hall–Kier alpha value is -3.39. The smallest absolute Gasteiger partial charge is 0.253 e. The number of benzene rings is 2. The number of nitrogens with one attached hydrogen (secondary N) is 2. The summed E-state index contributed by atoms with van der Waals surface area (Å²) in [6.45, 7) is 1.79. The third kappa shape index (κ3) is 6.55. The highest BCUT2D eigenvalue weighted by Crippen LogP contribution is 2.23. The Morgan fingerprint density at radius 3 is 2.24 bits per heavy atom. The average molecular weight is 454 g/mol. The fraction of sp³-hybridized carbons (Fsp3) is 0.400. The Bertz CT molecular complexity index is 925. The van der Waals surface area contributed by atoms with Gasteiger partial charge in [-0.05, 0) is 55.2 Å². The molecule has 2 aromatic rings. The molecule has 0 aromatic heterocycles. The van der Waals surface area contributed by atoms with Crippen LogP contribution >= 0.6 is 0 Å². The molecule has 1 atom stereocenters. The summed E-state index contributed by atoms with van der Waals surface area (Å²) in [5.41, 5.74) is 1.10. The lowest BCUT2D eigenvalue weighted by Gasteiger charge is -2.36. The van der Waals surface area contributed by atoms with Crippen LogP contribution in [0.5, 0.6) is 5.75 Å². The normalized spacial score (nSPS) is 14.9. The van der Waals surface area contributed by atoms with Crippen molar-refractivity contribution in [2.75, 3.05) is 40.5 Å². The lowest BCUT2D eigenvalue weighted by atomic mass is 9.88. The highest BCUT2D eigenvalue weighted by atomic mass is 16.5. The van der Waals surface area contributed by atoms with Gasteiger partial charge >= 0.3 is 0 Å². The van der Waals surface area contributed by atoms with Gasteiger partial charge in [0.25, 0.3) is 11.8 Å². The van der Waals surface area contributed by atoms with E-state index in [4.69, 9.17) is 9.47 Å². The van der Waals surface area contributed by atoms with E-state index in [2.05, 4.69) is 10.6 Å². The van der Waals surface area contributed by atoms with E-state index in [0.29, 0.717) is 56.0 Å². The molecule has 3 rings (SSSR count). The second-order valence-electron chi connectivity index (χ2n) is 7.96. The minimum atomic E-state index is -0.703. The first kappa shape index (κ1) is 24.3. The predicted molar refractivity (Wildman–Crippen MR) is 124 cm³/mol. The summed E-state index contributed by atoms with van der Waals surface area (Å²) in [6, 6.07) is 15.2. The molecule has 1 heterocycles. The maximum absolute atomic E-state index is 12.9. The summed E-state index contributed by atoms with van der Waals surface area (Å²) in [5, 5.41) is 5.74. The molecular formula is C25H31N3O5. The molecule has 1 fully saturated rings. The van der Waals surface area contributed by atoms with Gasteiger partial charge in [0.1, 0.15) is 11.8 Å². The zero-order chi connectivity index (χ0) is 23.6. The molecule has 1 saturated heterocycles. The SMILES string of the molecule is COCCNC(=O)C(NC(=O)c1ccc(OC)cc1)C1CCN(C(=O)c2ccccc2)CC1. The van der Waals surface area contributed by atoms with E-state index in [1.807, 2.05) is 18.2 Å². The molecule has 8 nitrogen and oxygen atoms in total. The van der Waals surface area contributed by atoms with Gasteiger partial charge in [-0.3, -0.25) is 14.4 Å². The molecule has 0 saturated carbocycles. The Labute approximate surface area is 194 Å². The third-order valence-corrected chi connectivity index (χ3v) is 5.85. The zero-order valence-electron chi connectivity index (χ0n) is 19.1. The first-order valence-electron chi connectivity index (χ1n) is 11.1. The molecule has 176 valence electrons. The summed E-state index contributed by atoms with van der Waals surface area (Å²) in [5.74, 6) is -0.0306. The first-order chi connectivity index (χ1) is 16.0. The summed E-state index contributed by atoms with van der Waals surface area (Å²) in [4.78, 5) is 40.4. The molecule has 0 spiro atoms. The minimum absolute atomic E-state index is 0.0163. The van der Waals surface area contributed by atoms with Crippen LogP contribution in [0, 0.1) is 5.92 Å². The highest BCUT2D eigenvalue weighted by molar-refractivity contribution is 5.98. The number of carbonyl (C=O) groups excluding carboxylic acids is 3. The van der Waals surface area contributed by atoms with E-state index < -0.39 is 6.04 Å². The zero-order valence-corrected chi connectivity index (χ0v) is 19.1. The number of ether oxygens (including phenoxy) is 2. The van der Waals surface area contributed by atoms with Crippen molar-refractivity contribution in [2.45, 2.75) is 18.9 Å². The van der Waals surface area contributed by atoms with Crippen LogP contribution in [0.3, 0.4) is 0 Å². The summed E-state index contributed by atoms with van der Waals surface area (Å²) >= 11 is 0. The molecule has 1 aliphatic rings. The van der Waals surface area contributed by atoms with Crippen LogP contribution in [0.15, 0.2) is 54.6 Å². The molecular weight excluding hydrogens is 422 g/mol. The van der Waals surface area contributed by atoms with Crippen LogP contribution in [-0.4, -0.2) is 69.1 Å². The average Bonchev–Trinajstić information content (AvgIpc) is 2.87. The number of piperidine rings is 1. The van der Waals surface area contributed by atoms with Gasteiger partial charge < -0.3 is 25.0 Å². The van der Waals surface area contributed by atoms with Crippen LogP contribution in [-0.2, 0) is 9.53 Å². The monoisotopic (exact) mass is 453 g/mol. The molecule has 2 N–H and O–H groups in total. The number of hydrogen-bond donors (Lipinski definition) is 2. The molecule has 33 heavy (non-hydrogen) atoms. The van der Waals surface area contributed by atoms with E-state index >= 15 is 0 Å². The number of likely N-dealkylation sites (tertiary alicyclic amines) is 1. The first-order valence-corrected chi connectivity index (χ1v) is 11.1. The maximum Gasteiger partial charge on any atom is 0.253 e. The van der Waals surface area contributed by atoms with Gasteiger partial charge in [-0.25, -0.2) is 0 Å². The van der Waals surface area contributed by atoms with Crippen molar-refractivity contribution in [3.8, 4) is 5.75 Å². The molecule has 1 unspecified atom stereocenters. The van der Waals surface area contributed by atoms with E-state index in [1.54, 1.807) is 55.5 Å². The molecule has 0 radical (unpaired) electrons. The number of rotatable bonds is 9. The van der Waals surface area contributed by atoms with Gasteiger partial charge in [-0.15, -0.1) is 0 Å². The molecule has 2 aromatic carbocycles. The topological polar surface area (TPSA) is 97.0 Å². The Morgan fingerprint density at radius 1 is 0.970 bits per heavy atom. The van der Waals surface area contributed by atoms with Crippen LogP contribution in [0.4, 0.5) is 0 Å². The van der Waals surface area contributed by atoms with E-state index in [-0.39, 0.29) is 23.6 Å². The van der Waals surface area contributed by atoms with Gasteiger partial charge in [-0.1, -0.05) is 18.2 Å². The van der Waals surface area contributed by atoms with Crippen molar-refractivity contribution in [2.24, 2.45) is 5.92 Å². The van der Waals surface area contributed by atoms with E-state index in [1.165, 1.54) is 0 Å². The van der Waals surface area contributed by atoms with E-state index in [0.717, 1.165) is 0 Å². The maximum atomic E-state index is 12.9. The molecule has 8 heteroatoms. The van der Waals surface area contributed by atoms with Gasteiger partial charge in [0.05, 0.1) is 13.7 Å². The van der Waals surface area contributed by atoms with Gasteiger partial charge in [0, 0.05) is 37.9 Å². The van der Waals surface area contributed by atoms with Crippen molar-refractivity contribution in [1.29, 1.82) is 0 Å². The molecule has 0 bridgehead atoms. The minimum Gasteiger partial charge on any atom is -0.497 e. The largest absolute Gasteiger partial charge is 0.497 e. The van der Waals surface area contributed by atoms with Crippen molar-refractivity contribution in [1.82, 2.24) is 15.5 Å². The van der Waals surface area contributed by atoms with Crippen LogP contribution in [0.25, 0.3) is 0 Å². The predicted octanol–water partition coefficient (Wildman–Crippen LogP) is 2.11.